The molecule has 0 spiro atoms. The van der Waals surface area contributed by atoms with E-state index in [1.807, 2.05) is 6.20 Å². The summed E-state index contributed by atoms with van der Waals surface area (Å²) in [5, 5.41) is 3.35. The van der Waals surface area contributed by atoms with Gasteiger partial charge in [0.25, 0.3) is 0 Å². The maximum absolute atomic E-state index is 5.00. The summed E-state index contributed by atoms with van der Waals surface area (Å²) in [4.78, 5) is 7.61. The van der Waals surface area contributed by atoms with E-state index in [0.29, 0.717) is 6.04 Å². The molecule has 0 aromatic carbocycles. The zero-order chi connectivity index (χ0) is 11.1. The first kappa shape index (κ1) is 12.2. The van der Waals surface area contributed by atoms with Gasteiger partial charge in [-0.25, -0.2) is 4.98 Å². The molecule has 2 N–H and O–H groups in total. The molecule has 0 saturated carbocycles. The summed E-state index contributed by atoms with van der Waals surface area (Å²) in [5.41, 5.74) is 1.15. The van der Waals surface area contributed by atoms with E-state index in [4.69, 9.17) is 4.74 Å². The lowest BCUT2D eigenvalue weighted by Gasteiger charge is -2.05. The minimum atomic E-state index is 0.505. The Balaban J connectivity index is 2.29. The molecule has 15 heavy (non-hydrogen) atoms. The van der Waals surface area contributed by atoms with E-state index in [-0.39, 0.29) is 0 Å². The maximum Gasteiger partial charge on any atom is 0.106 e. The summed E-state index contributed by atoms with van der Waals surface area (Å²) in [5.74, 6) is 1.05. The zero-order valence-electron chi connectivity index (χ0n) is 9.84. The minimum absolute atomic E-state index is 0.505. The van der Waals surface area contributed by atoms with E-state index in [2.05, 4.69) is 29.1 Å². The number of aromatic amines is 1. The highest BCUT2D eigenvalue weighted by molar-refractivity contribution is 5.01. The Morgan fingerprint density at radius 2 is 2.33 bits per heavy atom. The molecule has 4 nitrogen and oxygen atoms in total. The third-order valence-electron chi connectivity index (χ3n) is 2.14. The van der Waals surface area contributed by atoms with Crippen molar-refractivity contribution in [2.45, 2.75) is 39.3 Å². The molecule has 0 aliphatic carbocycles. The number of nitrogens with zero attached hydrogens (tertiary/aromatic N) is 1. The normalized spacial score (nSPS) is 11.2. The number of hydrogen-bond donors (Lipinski definition) is 2. The van der Waals surface area contributed by atoms with E-state index in [1.165, 1.54) is 0 Å². The summed E-state index contributed by atoms with van der Waals surface area (Å²) < 4.78 is 5.00. The molecule has 1 heterocycles. The van der Waals surface area contributed by atoms with Gasteiger partial charge in [-0.1, -0.05) is 13.8 Å². The Morgan fingerprint density at radius 1 is 1.53 bits per heavy atom. The van der Waals surface area contributed by atoms with Crippen LogP contribution in [0.4, 0.5) is 0 Å². The highest BCUT2D eigenvalue weighted by atomic mass is 16.5. The highest BCUT2D eigenvalue weighted by Gasteiger charge is 2.01. The zero-order valence-corrected chi connectivity index (χ0v) is 9.84. The number of nitrogens with one attached hydrogen (secondary N) is 2. The van der Waals surface area contributed by atoms with E-state index in [1.54, 1.807) is 7.11 Å². The summed E-state index contributed by atoms with van der Waals surface area (Å²) in [6, 6.07) is 0.505. The van der Waals surface area contributed by atoms with Gasteiger partial charge in [0.05, 0.1) is 0 Å². The molecule has 1 aromatic heterocycles. The lowest BCUT2D eigenvalue weighted by atomic mass is 10.3. The molecule has 0 saturated heterocycles. The second-order valence-corrected chi connectivity index (χ2v) is 3.99. The molecule has 86 valence electrons. The second kappa shape index (κ2) is 6.58. The molecular formula is C11H21N3O. The van der Waals surface area contributed by atoms with Crippen LogP contribution in [0.1, 0.15) is 31.8 Å². The van der Waals surface area contributed by atoms with Crippen molar-refractivity contribution in [2.24, 2.45) is 0 Å². The predicted octanol–water partition coefficient (Wildman–Crippen LogP) is 1.49. The topological polar surface area (TPSA) is 49.9 Å². The van der Waals surface area contributed by atoms with Crippen molar-refractivity contribution in [1.29, 1.82) is 0 Å². The smallest absolute Gasteiger partial charge is 0.106 e. The van der Waals surface area contributed by atoms with Crippen LogP contribution in [0.15, 0.2) is 6.20 Å². The largest absolute Gasteiger partial charge is 0.385 e. The fourth-order valence-corrected chi connectivity index (χ4v) is 1.32. The molecule has 0 aliphatic heterocycles. The van der Waals surface area contributed by atoms with Crippen LogP contribution in [0.5, 0.6) is 0 Å². The first-order valence-electron chi connectivity index (χ1n) is 5.47. The van der Waals surface area contributed by atoms with Gasteiger partial charge in [0.15, 0.2) is 0 Å². The Morgan fingerprint density at radius 3 is 3.00 bits per heavy atom. The summed E-state index contributed by atoms with van der Waals surface area (Å²) in [6.45, 7) is 5.92. The van der Waals surface area contributed by atoms with Gasteiger partial charge in [-0.05, 0) is 6.42 Å². The van der Waals surface area contributed by atoms with Crippen molar-refractivity contribution < 1.29 is 4.74 Å². The van der Waals surface area contributed by atoms with Crippen molar-refractivity contribution >= 4 is 0 Å². The number of methoxy groups -OCH3 is 1. The molecule has 0 amide bonds. The predicted molar refractivity (Wildman–Crippen MR) is 60.8 cm³/mol. The fourth-order valence-electron chi connectivity index (χ4n) is 1.32. The van der Waals surface area contributed by atoms with Gasteiger partial charge >= 0.3 is 0 Å². The van der Waals surface area contributed by atoms with Crippen LogP contribution in [0.2, 0.25) is 0 Å². The number of ether oxygens (including phenoxy) is 1. The van der Waals surface area contributed by atoms with Gasteiger partial charge < -0.3 is 15.0 Å². The monoisotopic (exact) mass is 211 g/mol. The third-order valence-corrected chi connectivity index (χ3v) is 2.14. The molecule has 0 radical (unpaired) electrons. The van der Waals surface area contributed by atoms with Crippen molar-refractivity contribution in [1.82, 2.24) is 15.3 Å². The summed E-state index contributed by atoms with van der Waals surface area (Å²) in [7, 11) is 1.72. The minimum Gasteiger partial charge on any atom is -0.385 e. The van der Waals surface area contributed by atoms with Crippen LogP contribution in [0.3, 0.4) is 0 Å². The quantitative estimate of drug-likeness (QED) is 0.672. The van der Waals surface area contributed by atoms with Crippen molar-refractivity contribution in [3.8, 4) is 0 Å². The van der Waals surface area contributed by atoms with E-state index < -0.39 is 0 Å². The van der Waals surface area contributed by atoms with Crippen LogP contribution in [0.25, 0.3) is 0 Å². The van der Waals surface area contributed by atoms with Crippen LogP contribution in [-0.2, 0) is 17.7 Å². The molecule has 0 unspecified atom stereocenters. The molecule has 0 aliphatic rings. The molecular weight excluding hydrogens is 190 g/mol. The standard InChI is InChI=1S/C11H21N3O/c1-9(2)12-7-10-8-13-11(14-10)5-4-6-15-3/h8-9,12H,4-7H2,1-3H3,(H,13,14). The molecule has 4 heteroatoms. The Hall–Kier alpha value is -0.870. The van der Waals surface area contributed by atoms with Crippen molar-refractivity contribution in [2.75, 3.05) is 13.7 Å². The van der Waals surface area contributed by atoms with Crippen LogP contribution in [0, 0.1) is 0 Å². The van der Waals surface area contributed by atoms with Gasteiger partial charge in [-0.15, -0.1) is 0 Å². The number of aromatic nitrogens is 2. The highest BCUT2D eigenvalue weighted by Crippen LogP contribution is 2.00. The van der Waals surface area contributed by atoms with E-state index in [0.717, 1.165) is 37.5 Å². The molecule has 0 atom stereocenters. The Labute approximate surface area is 91.4 Å². The SMILES string of the molecule is COCCCc1ncc(CNC(C)C)[nH]1. The van der Waals surface area contributed by atoms with E-state index in [9.17, 15) is 0 Å². The average molecular weight is 211 g/mol. The summed E-state index contributed by atoms with van der Waals surface area (Å²) >= 11 is 0. The summed E-state index contributed by atoms with van der Waals surface area (Å²) in [6.07, 6.45) is 3.87. The van der Waals surface area contributed by atoms with Gasteiger partial charge in [-0.2, -0.15) is 0 Å². The lowest BCUT2D eigenvalue weighted by Crippen LogP contribution is -2.21. The van der Waals surface area contributed by atoms with Gasteiger partial charge in [0, 0.05) is 44.6 Å². The van der Waals surface area contributed by atoms with Crippen molar-refractivity contribution in [3.05, 3.63) is 17.7 Å². The Bertz CT molecular complexity index is 271. The van der Waals surface area contributed by atoms with Crippen molar-refractivity contribution in [3.63, 3.8) is 0 Å². The second-order valence-electron chi connectivity index (χ2n) is 3.99. The first-order chi connectivity index (χ1) is 7.22. The number of rotatable bonds is 7. The lowest BCUT2D eigenvalue weighted by molar-refractivity contribution is 0.194. The maximum atomic E-state index is 5.00. The third kappa shape index (κ3) is 4.95. The molecule has 1 rings (SSSR count). The average Bonchev–Trinajstić information content (AvgIpc) is 2.63. The van der Waals surface area contributed by atoms with Gasteiger partial charge in [-0.3, -0.25) is 0 Å². The van der Waals surface area contributed by atoms with Gasteiger partial charge in [0.1, 0.15) is 5.82 Å². The first-order valence-corrected chi connectivity index (χ1v) is 5.47. The number of imidazole rings is 1. The van der Waals surface area contributed by atoms with Gasteiger partial charge in [0.2, 0.25) is 0 Å². The molecule has 0 fully saturated rings. The molecule has 0 bridgehead atoms. The van der Waals surface area contributed by atoms with E-state index >= 15 is 0 Å². The fraction of sp³-hybridized carbons (Fsp3) is 0.727. The van der Waals surface area contributed by atoms with Crippen LogP contribution < -0.4 is 5.32 Å². The number of hydrogen-bond acceptors (Lipinski definition) is 3. The number of aryl methyl sites for hydroxylation is 1. The number of H-pyrrole nitrogens is 1. The Kier molecular flexibility index (Phi) is 5.36. The molecule has 1 aromatic rings. The van der Waals surface area contributed by atoms with Crippen LogP contribution in [-0.4, -0.2) is 29.7 Å². The van der Waals surface area contributed by atoms with Crippen LogP contribution >= 0.6 is 0 Å².